The number of pyridine rings is 1. The van der Waals surface area contributed by atoms with Crippen molar-refractivity contribution in [2.24, 2.45) is 0 Å². The topological polar surface area (TPSA) is 57.0 Å². The number of halogens is 1. The maximum absolute atomic E-state index is 12.1. The minimum atomic E-state index is -0.337. The van der Waals surface area contributed by atoms with Crippen molar-refractivity contribution in [3.05, 3.63) is 76.2 Å². The van der Waals surface area contributed by atoms with Gasteiger partial charge in [-0.2, -0.15) is 0 Å². The van der Waals surface area contributed by atoms with Crippen molar-refractivity contribution < 1.29 is 9.53 Å². The number of carbonyl (C=O) groups excluding carboxylic acids is 1. The number of carbonyl (C=O) groups is 1. The Labute approximate surface area is 182 Å². The number of benzene rings is 2. The Morgan fingerprint density at radius 3 is 2.57 bits per heavy atom. The van der Waals surface area contributed by atoms with Gasteiger partial charge < -0.3 is 4.74 Å². The number of aryl methyl sites for hydroxylation is 1. The van der Waals surface area contributed by atoms with Gasteiger partial charge in [0.15, 0.2) is 5.65 Å². The minimum absolute atomic E-state index is 0.337. The summed E-state index contributed by atoms with van der Waals surface area (Å²) in [7, 11) is 1.40. The quantitative estimate of drug-likeness (QED) is 0.359. The summed E-state index contributed by atoms with van der Waals surface area (Å²) in [6, 6.07) is 15.7. The highest BCUT2D eigenvalue weighted by Crippen LogP contribution is 2.42. The average molecular weight is 462 g/mol. The summed E-state index contributed by atoms with van der Waals surface area (Å²) < 4.78 is 8.07. The molecule has 2 heterocycles. The maximum Gasteiger partial charge on any atom is 0.338 e. The molecule has 0 unspecified atom stereocenters. The summed E-state index contributed by atoms with van der Waals surface area (Å²) in [6.45, 7) is 2.06. The number of ether oxygens (including phenoxy) is 1. The van der Waals surface area contributed by atoms with E-state index >= 15 is 0 Å². The van der Waals surface area contributed by atoms with Crippen LogP contribution in [0.4, 0.5) is 0 Å². The Kier molecular flexibility index (Phi) is 4.66. The standard InChI is InChI=1S/C24H20BrN3O2/c1-14-20(25)13-26-23-21(14)27-22(16-7-8-16)28(23)17-11-9-15(10-12-17)18-5-3-4-6-19(18)24(29)30-2/h3-6,9-13,16H,7-8H2,1-2H3. The Balaban J connectivity index is 1.63. The zero-order valence-corrected chi connectivity index (χ0v) is 18.3. The van der Waals surface area contributed by atoms with Crippen LogP contribution in [0.3, 0.4) is 0 Å². The summed E-state index contributed by atoms with van der Waals surface area (Å²) in [4.78, 5) is 21.8. The summed E-state index contributed by atoms with van der Waals surface area (Å²) >= 11 is 3.57. The molecule has 5 rings (SSSR count). The third-order valence-electron chi connectivity index (χ3n) is 5.60. The van der Waals surface area contributed by atoms with Gasteiger partial charge in [0.05, 0.1) is 12.7 Å². The lowest BCUT2D eigenvalue weighted by molar-refractivity contribution is 0.0601. The third-order valence-corrected chi connectivity index (χ3v) is 6.40. The minimum Gasteiger partial charge on any atom is -0.465 e. The van der Waals surface area contributed by atoms with Gasteiger partial charge in [-0.15, -0.1) is 0 Å². The average Bonchev–Trinajstić information content (AvgIpc) is 3.56. The van der Waals surface area contributed by atoms with Crippen molar-refractivity contribution in [1.82, 2.24) is 14.5 Å². The Morgan fingerprint density at radius 2 is 1.87 bits per heavy atom. The van der Waals surface area contributed by atoms with Gasteiger partial charge in [-0.3, -0.25) is 4.57 Å². The molecule has 0 atom stereocenters. The zero-order valence-electron chi connectivity index (χ0n) is 16.7. The highest BCUT2D eigenvalue weighted by molar-refractivity contribution is 9.10. The highest BCUT2D eigenvalue weighted by atomic mass is 79.9. The molecule has 0 N–H and O–H groups in total. The second-order valence-electron chi connectivity index (χ2n) is 7.57. The predicted octanol–water partition coefficient (Wildman–Crippen LogP) is 5.82. The van der Waals surface area contributed by atoms with Crippen molar-refractivity contribution in [2.75, 3.05) is 7.11 Å². The van der Waals surface area contributed by atoms with Crippen LogP contribution in [0.2, 0.25) is 0 Å². The van der Waals surface area contributed by atoms with Gasteiger partial charge in [-0.05, 0) is 70.6 Å². The van der Waals surface area contributed by atoms with E-state index in [0.29, 0.717) is 11.5 Å². The summed E-state index contributed by atoms with van der Waals surface area (Å²) in [5, 5.41) is 0. The van der Waals surface area contributed by atoms with Crippen LogP contribution < -0.4 is 0 Å². The number of fused-ring (bicyclic) bond motifs is 1. The van der Waals surface area contributed by atoms with Crippen LogP contribution in [-0.2, 0) is 4.74 Å². The largest absolute Gasteiger partial charge is 0.465 e. The summed E-state index contributed by atoms with van der Waals surface area (Å²) in [6.07, 6.45) is 4.16. The van der Waals surface area contributed by atoms with E-state index in [4.69, 9.17) is 9.72 Å². The van der Waals surface area contributed by atoms with Gasteiger partial charge in [0, 0.05) is 22.3 Å². The fourth-order valence-corrected chi connectivity index (χ4v) is 4.10. The van der Waals surface area contributed by atoms with E-state index in [1.165, 1.54) is 7.11 Å². The first-order chi connectivity index (χ1) is 14.6. The van der Waals surface area contributed by atoms with Crippen LogP contribution >= 0.6 is 15.9 Å². The maximum atomic E-state index is 12.1. The molecule has 2 aromatic carbocycles. The van der Waals surface area contributed by atoms with Gasteiger partial charge >= 0.3 is 5.97 Å². The lowest BCUT2D eigenvalue weighted by atomic mass is 9.99. The fourth-order valence-electron chi connectivity index (χ4n) is 3.81. The molecular weight excluding hydrogens is 442 g/mol. The molecule has 0 radical (unpaired) electrons. The molecule has 5 nitrogen and oxygen atoms in total. The van der Waals surface area contributed by atoms with Crippen molar-refractivity contribution in [3.8, 4) is 16.8 Å². The third kappa shape index (κ3) is 3.12. The number of aromatic nitrogens is 3. The molecule has 1 aliphatic rings. The summed E-state index contributed by atoms with van der Waals surface area (Å²) in [5.74, 6) is 1.22. The van der Waals surface area contributed by atoms with E-state index in [1.807, 2.05) is 36.5 Å². The molecule has 2 aromatic heterocycles. The van der Waals surface area contributed by atoms with Gasteiger partial charge in [0.1, 0.15) is 11.3 Å². The van der Waals surface area contributed by atoms with Gasteiger partial charge in [0.2, 0.25) is 0 Å². The van der Waals surface area contributed by atoms with E-state index in [0.717, 1.165) is 56.7 Å². The lowest BCUT2D eigenvalue weighted by Gasteiger charge is -2.11. The molecule has 150 valence electrons. The van der Waals surface area contributed by atoms with E-state index in [-0.39, 0.29) is 5.97 Å². The van der Waals surface area contributed by atoms with Crippen LogP contribution in [0.25, 0.3) is 28.0 Å². The predicted molar refractivity (Wildman–Crippen MR) is 120 cm³/mol. The normalized spacial score (nSPS) is 13.6. The van der Waals surface area contributed by atoms with Crippen molar-refractivity contribution in [3.63, 3.8) is 0 Å². The molecule has 0 spiro atoms. The monoisotopic (exact) mass is 461 g/mol. The van der Waals surface area contributed by atoms with Crippen LogP contribution in [0.15, 0.2) is 59.2 Å². The van der Waals surface area contributed by atoms with Gasteiger partial charge in [-0.25, -0.2) is 14.8 Å². The first-order valence-corrected chi connectivity index (χ1v) is 10.7. The van der Waals surface area contributed by atoms with E-state index in [2.05, 4.69) is 44.5 Å². The Bertz CT molecular complexity index is 1270. The van der Waals surface area contributed by atoms with Gasteiger partial charge in [-0.1, -0.05) is 30.3 Å². The number of esters is 1. The van der Waals surface area contributed by atoms with Crippen LogP contribution in [-0.4, -0.2) is 27.6 Å². The molecule has 0 saturated heterocycles. The van der Waals surface area contributed by atoms with Crippen LogP contribution in [0, 0.1) is 6.92 Å². The second kappa shape index (κ2) is 7.36. The van der Waals surface area contributed by atoms with Gasteiger partial charge in [0.25, 0.3) is 0 Å². The fraction of sp³-hybridized carbons (Fsp3) is 0.208. The van der Waals surface area contributed by atoms with Crippen molar-refractivity contribution in [2.45, 2.75) is 25.7 Å². The van der Waals surface area contributed by atoms with Crippen molar-refractivity contribution >= 4 is 33.1 Å². The van der Waals surface area contributed by atoms with Crippen LogP contribution in [0.1, 0.15) is 40.5 Å². The number of rotatable bonds is 4. The molecule has 0 amide bonds. The zero-order chi connectivity index (χ0) is 20.8. The van der Waals surface area contributed by atoms with E-state index < -0.39 is 0 Å². The number of imidazole rings is 1. The number of hydrogen-bond acceptors (Lipinski definition) is 4. The number of hydrogen-bond donors (Lipinski definition) is 0. The first-order valence-electron chi connectivity index (χ1n) is 9.90. The number of methoxy groups -OCH3 is 1. The highest BCUT2D eigenvalue weighted by Gasteiger charge is 2.31. The smallest absolute Gasteiger partial charge is 0.338 e. The second-order valence-corrected chi connectivity index (χ2v) is 8.42. The molecule has 4 aromatic rings. The molecule has 1 saturated carbocycles. The lowest BCUT2D eigenvalue weighted by Crippen LogP contribution is -2.04. The molecule has 0 bridgehead atoms. The van der Waals surface area contributed by atoms with E-state index in [9.17, 15) is 4.79 Å². The van der Waals surface area contributed by atoms with Crippen molar-refractivity contribution in [1.29, 1.82) is 0 Å². The Hall–Kier alpha value is -2.99. The molecule has 6 heteroatoms. The molecule has 30 heavy (non-hydrogen) atoms. The molecular formula is C24H20BrN3O2. The SMILES string of the molecule is COC(=O)c1ccccc1-c1ccc(-n2c(C3CC3)nc3c(C)c(Br)cnc32)cc1. The summed E-state index contributed by atoms with van der Waals surface area (Å²) in [5.41, 5.74) is 6.31. The molecule has 0 aliphatic heterocycles. The molecule has 1 aliphatic carbocycles. The van der Waals surface area contributed by atoms with Crippen LogP contribution in [0.5, 0.6) is 0 Å². The van der Waals surface area contributed by atoms with E-state index in [1.54, 1.807) is 6.07 Å². The Morgan fingerprint density at radius 1 is 1.13 bits per heavy atom. The molecule has 1 fully saturated rings. The first kappa shape index (κ1) is 19.0. The number of nitrogens with zero attached hydrogens (tertiary/aromatic N) is 3.